The van der Waals surface area contributed by atoms with Crippen LogP contribution in [-0.2, 0) is 0 Å². The molecule has 0 aliphatic carbocycles. The zero-order chi connectivity index (χ0) is 13.0. The Morgan fingerprint density at radius 3 is 2.22 bits per heavy atom. The summed E-state index contributed by atoms with van der Waals surface area (Å²) in [5, 5.41) is 18.0. The van der Waals surface area contributed by atoms with Gasteiger partial charge in [-0.2, -0.15) is 10.5 Å². The predicted octanol–water partition coefficient (Wildman–Crippen LogP) is 2.66. The Bertz CT molecular complexity index is 676. The molecule has 0 atom stereocenters. The van der Waals surface area contributed by atoms with Crippen molar-refractivity contribution in [1.82, 2.24) is 0 Å². The van der Waals surface area contributed by atoms with Crippen LogP contribution in [0.25, 0.3) is 0 Å². The van der Waals surface area contributed by atoms with E-state index in [-0.39, 0.29) is 22.5 Å². The summed E-state index contributed by atoms with van der Waals surface area (Å²) in [6, 6.07) is 17.2. The van der Waals surface area contributed by atoms with Crippen LogP contribution in [0.1, 0.15) is 27.0 Å². The Balaban J connectivity index is 2.57. The topological polar surface area (TPSA) is 64.7 Å². The second-order valence-electron chi connectivity index (χ2n) is 3.65. The van der Waals surface area contributed by atoms with Crippen LogP contribution in [0.4, 0.5) is 0 Å². The van der Waals surface area contributed by atoms with Crippen molar-refractivity contribution in [3.05, 3.63) is 70.8 Å². The molecule has 0 heterocycles. The number of benzene rings is 2. The second kappa shape index (κ2) is 4.95. The van der Waals surface area contributed by atoms with Crippen molar-refractivity contribution in [3.63, 3.8) is 0 Å². The summed E-state index contributed by atoms with van der Waals surface area (Å²) in [7, 11) is 0. The molecule has 0 fully saturated rings. The van der Waals surface area contributed by atoms with Gasteiger partial charge in [-0.1, -0.05) is 36.4 Å². The molecule has 0 spiro atoms. The highest BCUT2D eigenvalue weighted by Gasteiger charge is 2.15. The summed E-state index contributed by atoms with van der Waals surface area (Å²) in [5.41, 5.74) is 1.12. The third kappa shape index (κ3) is 1.98. The van der Waals surface area contributed by atoms with Crippen molar-refractivity contribution in [3.8, 4) is 12.1 Å². The van der Waals surface area contributed by atoms with Crippen LogP contribution in [0.3, 0.4) is 0 Å². The lowest BCUT2D eigenvalue weighted by molar-refractivity contribution is 0.103. The van der Waals surface area contributed by atoms with E-state index in [2.05, 4.69) is 0 Å². The zero-order valence-electron chi connectivity index (χ0n) is 9.42. The molecule has 0 bridgehead atoms. The normalized spacial score (nSPS) is 9.22. The van der Waals surface area contributed by atoms with E-state index in [1.54, 1.807) is 36.4 Å². The van der Waals surface area contributed by atoms with Crippen molar-refractivity contribution in [2.24, 2.45) is 0 Å². The van der Waals surface area contributed by atoms with E-state index in [4.69, 9.17) is 10.5 Å². The molecule has 84 valence electrons. The number of nitrogens with zero attached hydrogens (tertiary/aromatic N) is 2. The Hall–Kier alpha value is -2.91. The highest BCUT2D eigenvalue weighted by Crippen LogP contribution is 2.17. The molecule has 2 aromatic rings. The third-order valence-corrected chi connectivity index (χ3v) is 2.58. The number of ketones is 1. The van der Waals surface area contributed by atoms with E-state index in [9.17, 15) is 4.79 Å². The lowest BCUT2D eigenvalue weighted by atomic mass is 9.96. The molecule has 0 N–H and O–H groups in total. The van der Waals surface area contributed by atoms with E-state index in [0.29, 0.717) is 5.56 Å². The number of carbonyl (C=O) groups excluding carboxylic acids is 1. The maximum absolute atomic E-state index is 12.2. The Labute approximate surface area is 105 Å². The van der Waals surface area contributed by atoms with Crippen molar-refractivity contribution in [1.29, 1.82) is 10.5 Å². The molecule has 0 amide bonds. The van der Waals surface area contributed by atoms with Gasteiger partial charge in [0.2, 0.25) is 0 Å². The molecule has 3 heteroatoms. The van der Waals surface area contributed by atoms with Crippen molar-refractivity contribution >= 4 is 5.78 Å². The molecule has 2 aromatic carbocycles. The molecule has 0 saturated heterocycles. The molecular weight excluding hydrogens is 224 g/mol. The monoisotopic (exact) mass is 232 g/mol. The van der Waals surface area contributed by atoms with Gasteiger partial charge in [-0.25, -0.2) is 0 Å². The average molecular weight is 232 g/mol. The van der Waals surface area contributed by atoms with Crippen LogP contribution in [0.15, 0.2) is 48.5 Å². The summed E-state index contributed by atoms with van der Waals surface area (Å²) < 4.78 is 0. The quantitative estimate of drug-likeness (QED) is 0.747. The van der Waals surface area contributed by atoms with Crippen molar-refractivity contribution in [2.45, 2.75) is 0 Å². The zero-order valence-corrected chi connectivity index (χ0v) is 9.42. The van der Waals surface area contributed by atoms with Crippen molar-refractivity contribution < 1.29 is 4.79 Å². The van der Waals surface area contributed by atoms with Crippen LogP contribution < -0.4 is 0 Å². The van der Waals surface area contributed by atoms with Gasteiger partial charge < -0.3 is 0 Å². The Morgan fingerprint density at radius 1 is 0.889 bits per heavy atom. The minimum Gasteiger partial charge on any atom is -0.289 e. The standard InChI is InChI=1S/C15H8N2O/c16-9-12-7-4-8-13(14(12)10-17)15(18)11-5-2-1-3-6-11/h1-8H. The van der Waals surface area contributed by atoms with Crippen molar-refractivity contribution in [2.75, 3.05) is 0 Å². The SMILES string of the molecule is N#Cc1cccc(C(=O)c2ccccc2)c1C#N. The lowest BCUT2D eigenvalue weighted by Crippen LogP contribution is -2.05. The van der Waals surface area contributed by atoms with Gasteiger partial charge >= 0.3 is 0 Å². The number of hydrogen-bond acceptors (Lipinski definition) is 3. The van der Waals surface area contributed by atoms with E-state index in [1.807, 2.05) is 18.2 Å². The molecule has 0 aromatic heterocycles. The molecule has 0 aliphatic heterocycles. The fourth-order valence-electron chi connectivity index (χ4n) is 1.70. The molecule has 0 unspecified atom stereocenters. The number of nitriles is 2. The first kappa shape index (κ1) is 11.6. The number of rotatable bonds is 2. The average Bonchev–Trinajstić information content (AvgIpc) is 2.46. The van der Waals surface area contributed by atoms with Crippen LogP contribution >= 0.6 is 0 Å². The summed E-state index contributed by atoms with van der Waals surface area (Å²) in [4.78, 5) is 12.2. The Morgan fingerprint density at radius 2 is 1.61 bits per heavy atom. The summed E-state index contributed by atoms with van der Waals surface area (Å²) in [6.07, 6.45) is 0. The van der Waals surface area contributed by atoms with Crippen LogP contribution in [0, 0.1) is 22.7 Å². The van der Waals surface area contributed by atoms with Crippen LogP contribution in [0.2, 0.25) is 0 Å². The first-order valence-corrected chi connectivity index (χ1v) is 5.31. The third-order valence-electron chi connectivity index (χ3n) is 2.58. The molecule has 2 rings (SSSR count). The molecular formula is C15H8N2O. The van der Waals surface area contributed by atoms with Gasteiger partial charge in [0.1, 0.15) is 12.1 Å². The number of carbonyl (C=O) groups is 1. The fraction of sp³-hybridized carbons (Fsp3) is 0. The summed E-state index contributed by atoms with van der Waals surface area (Å²) >= 11 is 0. The van der Waals surface area contributed by atoms with Gasteiger partial charge in [-0.05, 0) is 12.1 Å². The highest BCUT2D eigenvalue weighted by atomic mass is 16.1. The Kier molecular flexibility index (Phi) is 3.18. The molecule has 0 aliphatic rings. The summed E-state index contributed by atoms with van der Waals surface area (Å²) in [6.45, 7) is 0. The first-order chi connectivity index (χ1) is 8.77. The van der Waals surface area contributed by atoms with Gasteiger partial charge in [0.05, 0.1) is 11.1 Å². The lowest BCUT2D eigenvalue weighted by Gasteiger charge is -2.04. The van der Waals surface area contributed by atoms with Crippen LogP contribution in [0.5, 0.6) is 0 Å². The van der Waals surface area contributed by atoms with E-state index >= 15 is 0 Å². The second-order valence-corrected chi connectivity index (χ2v) is 3.65. The molecule has 0 radical (unpaired) electrons. The largest absolute Gasteiger partial charge is 0.289 e. The predicted molar refractivity (Wildman–Crippen MR) is 65.7 cm³/mol. The van der Waals surface area contributed by atoms with Gasteiger partial charge in [0.25, 0.3) is 0 Å². The van der Waals surface area contributed by atoms with E-state index in [0.717, 1.165) is 0 Å². The maximum atomic E-state index is 12.2. The minimum atomic E-state index is -0.246. The van der Waals surface area contributed by atoms with Gasteiger partial charge in [-0.15, -0.1) is 0 Å². The minimum absolute atomic E-state index is 0.133. The molecule has 3 nitrogen and oxygen atoms in total. The molecule has 18 heavy (non-hydrogen) atoms. The maximum Gasteiger partial charge on any atom is 0.194 e. The van der Waals surface area contributed by atoms with Crippen LogP contribution in [-0.4, -0.2) is 5.78 Å². The van der Waals surface area contributed by atoms with E-state index < -0.39 is 0 Å². The van der Waals surface area contributed by atoms with E-state index in [1.165, 1.54) is 6.07 Å². The number of hydrogen-bond donors (Lipinski definition) is 0. The first-order valence-electron chi connectivity index (χ1n) is 5.31. The smallest absolute Gasteiger partial charge is 0.194 e. The summed E-state index contributed by atoms with van der Waals surface area (Å²) in [5.74, 6) is -0.246. The van der Waals surface area contributed by atoms with Gasteiger partial charge in [-0.3, -0.25) is 4.79 Å². The highest BCUT2D eigenvalue weighted by molar-refractivity contribution is 6.10. The van der Waals surface area contributed by atoms with Gasteiger partial charge in [0.15, 0.2) is 5.78 Å². The molecule has 0 saturated carbocycles. The van der Waals surface area contributed by atoms with Gasteiger partial charge in [0, 0.05) is 11.1 Å². The fourth-order valence-corrected chi connectivity index (χ4v) is 1.70.